The molecule has 1 amide bonds. The second kappa shape index (κ2) is 2.87. The van der Waals surface area contributed by atoms with E-state index in [0.717, 1.165) is 23.2 Å². The van der Waals surface area contributed by atoms with E-state index in [9.17, 15) is 4.79 Å². The highest BCUT2D eigenvalue weighted by atomic mass is 16.2. The van der Waals surface area contributed by atoms with Crippen LogP contribution in [-0.4, -0.2) is 17.4 Å². The summed E-state index contributed by atoms with van der Waals surface area (Å²) in [5.41, 5.74) is 2.47. The molecule has 0 aromatic heterocycles. The van der Waals surface area contributed by atoms with Crippen molar-refractivity contribution in [1.29, 1.82) is 0 Å². The van der Waals surface area contributed by atoms with Crippen molar-refractivity contribution in [2.45, 2.75) is 13.5 Å². The van der Waals surface area contributed by atoms with E-state index in [1.165, 1.54) is 0 Å². The first-order valence-corrected chi connectivity index (χ1v) is 4.40. The summed E-state index contributed by atoms with van der Waals surface area (Å²) in [5.74, 6) is 0.102. The van der Waals surface area contributed by atoms with Crippen molar-refractivity contribution in [2.75, 3.05) is 6.54 Å². The van der Waals surface area contributed by atoms with Crippen LogP contribution in [0.15, 0.2) is 18.2 Å². The van der Waals surface area contributed by atoms with E-state index in [-0.39, 0.29) is 5.91 Å². The monoisotopic (exact) mass is 173 g/mol. The van der Waals surface area contributed by atoms with E-state index in [0.29, 0.717) is 6.54 Å². The molecular formula is C11H11NO. The lowest BCUT2D eigenvalue weighted by molar-refractivity contribution is 0.0787. The van der Waals surface area contributed by atoms with Crippen molar-refractivity contribution >= 4 is 5.91 Å². The normalized spacial score (nSPS) is 14.9. The van der Waals surface area contributed by atoms with Crippen LogP contribution in [0.1, 0.15) is 28.4 Å². The van der Waals surface area contributed by atoms with Gasteiger partial charge in [0, 0.05) is 18.7 Å². The fraction of sp³-hybridized carbons (Fsp3) is 0.273. The maximum absolute atomic E-state index is 11.7. The van der Waals surface area contributed by atoms with Crippen LogP contribution in [0.25, 0.3) is 0 Å². The van der Waals surface area contributed by atoms with Gasteiger partial charge in [-0.3, -0.25) is 4.79 Å². The Hall–Kier alpha value is -1.31. The van der Waals surface area contributed by atoms with Crippen LogP contribution in [0, 0.1) is 6.92 Å². The third-order valence-electron chi connectivity index (χ3n) is 2.46. The van der Waals surface area contributed by atoms with Gasteiger partial charge in [0.05, 0.1) is 0 Å². The largest absolute Gasteiger partial charge is 0.335 e. The highest BCUT2D eigenvalue weighted by Crippen LogP contribution is 2.24. The van der Waals surface area contributed by atoms with Gasteiger partial charge in [-0.1, -0.05) is 12.1 Å². The van der Waals surface area contributed by atoms with Gasteiger partial charge >= 0.3 is 0 Å². The van der Waals surface area contributed by atoms with Gasteiger partial charge in [0.25, 0.3) is 5.91 Å². The molecule has 0 N–H and O–H groups in total. The van der Waals surface area contributed by atoms with Crippen LogP contribution in [-0.2, 0) is 6.54 Å². The Morgan fingerprint density at radius 1 is 1.54 bits per heavy atom. The van der Waals surface area contributed by atoms with Gasteiger partial charge in [-0.25, -0.2) is 0 Å². The fourth-order valence-electron chi connectivity index (χ4n) is 1.67. The highest BCUT2D eigenvalue weighted by Gasteiger charge is 2.26. The van der Waals surface area contributed by atoms with E-state index >= 15 is 0 Å². The molecule has 0 fully saturated rings. The summed E-state index contributed by atoms with van der Waals surface area (Å²) in [4.78, 5) is 13.4. The molecule has 66 valence electrons. The molecule has 2 nitrogen and oxygen atoms in total. The molecule has 1 aliphatic heterocycles. The number of carbonyl (C=O) groups is 1. The first kappa shape index (κ1) is 8.30. The van der Waals surface area contributed by atoms with E-state index in [1.807, 2.05) is 25.1 Å². The Morgan fingerprint density at radius 2 is 2.31 bits per heavy atom. The number of carbonyl (C=O) groups excluding carboxylic acids is 1. The Kier molecular flexibility index (Phi) is 1.83. The number of benzene rings is 1. The third kappa shape index (κ3) is 1.13. The zero-order valence-corrected chi connectivity index (χ0v) is 7.58. The summed E-state index contributed by atoms with van der Waals surface area (Å²) in [7, 11) is 0. The second-order valence-corrected chi connectivity index (χ2v) is 3.19. The van der Waals surface area contributed by atoms with Gasteiger partial charge in [-0.2, -0.15) is 0 Å². The summed E-state index contributed by atoms with van der Waals surface area (Å²) in [5, 5.41) is 0. The predicted octanol–water partition coefficient (Wildman–Crippen LogP) is 1.72. The van der Waals surface area contributed by atoms with Gasteiger partial charge in [0.1, 0.15) is 0 Å². The van der Waals surface area contributed by atoms with E-state index in [1.54, 1.807) is 4.90 Å². The molecule has 0 spiro atoms. The summed E-state index contributed by atoms with van der Waals surface area (Å²) >= 11 is 0. The lowest BCUT2D eigenvalue weighted by Crippen LogP contribution is -2.22. The molecule has 0 saturated heterocycles. The van der Waals surface area contributed by atoms with Crippen molar-refractivity contribution in [1.82, 2.24) is 4.90 Å². The molecule has 2 rings (SSSR count). The first-order chi connectivity index (χ1) is 6.24. The predicted molar refractivity (Wildman–Crippen MR) is 50.3 cm³/mol. The SMILES string of the molecule is [CH]c1cccc2c1CN(CC)C2=O. The van der Waals surface area contributed by atoms with Crippen LogP contribution in [0.3, 0.4) is 0 Å². The topological polar surface area (TPSA) is 20.3 Å². The summed E-state index contributed by atoms with van der Waals surface area (Å²) in [6, 6.07) is 5.50. The number of hydrogen-bond donors (Lipinski definition) is 0. The number of fused-ring (bicyclic) bond motifs is 1. The molecule has 1 heterocycles. The summed E-state index contributed by atoms with van der Waals surface area (Å²) < 4.78 is 0. The minimum Gasteiger partial charge on any atom is -0.335 e. The smallest absolute Gasteiger partial charge is 0.254 e. The quantitative estimate of drug-likeness (QED) is 0.633. The summed E-state index contributed by atoms with van der Waals surface area (Å²) in [6.45, 7) is 9.15. The van der Waals surface area contributed by atoms with Gasteiger partial charge in [0.15, 0.2) is 0 Å². The Balaban J connectivity index is 2.49. The first-order valence-electron chi connectivity index (χ1n) is 4.40. The number of amides is 1. The van der Waals surface area contributed by atoms with Crippen molar-refractivity contribution in [2.24, 2.45) is 0 Å². The standard InChI is InChI=1S/C11H11NO/c1-3-12-7-10-8(2)5-4-6-9(10)11(12)13/h2,4-6H,3,7H2,1H3. The van der Waals surface area contributed by atoms with Crippen LogP contribution >= 0.6 is 0 Å². The van der Waals surface area contributed by atoms with Crippen LogP contribution in [0.5, 0.6) is 0 Å². The molecule has 1 aromatic carbocycles. The molecule has 0 aliphatic carbocycles. The molecule has 0 bridgehead atoms. The Morgan fingerprint density at radius 3 is 2.92 bits per heavy atom. The van der Waals surface area contributed by atoms with E-state index in [2.05, 4.69) is 0 Å². The average Bonchev–Trinajstić information content (AvgIpc) is 2.45. The van der Waals surface area contributed by atoms with Crippen LogP contribution < -0.4 is 0 Å². The molecule has 13 heavy (non-hydrogen) atoms. The van der Waals surface area contributed by atoms with Crippen molar-refractivity contribution in [3.63, 3.8) is 0 Å². The fourth-order valence-corrected chi connectivity index (χ4v) is 1.67. The molecule has 2 radical (unpaired) electrons. The van der Waals surface area contributed by atoms with Crippen molar-refractivity contribution in [3.8, 4) is 0 Å². The third-order valence-corrected chi connectivity index (χ3v) is 2.46. The maximum Gasteiger partial charge on any atom is 0.254 e. The van der Waals surface area contributed by atoms with Crippen molar-refractivity contribution < 1.29 is 4.79 Å². The molecule has 0 saturated carbocycles. The molecule has 2 heteroatoms. The van der Waals surface area contributed by atoms with Crippen molar-refractivity contribution in [3.05, 3.63) is 41.8 Å². The Bertz CT molecular complexity index is 357. The molecule has 1 aliphatic rings. The van der Waals surface area contributed by atoms with Gasteiger partial charge in [-0.15, -0.1) is 0 Å². The molecule has 0 atom stereocenters. The van der Waals surface area contributed by atoms with Crippen LogP contribution in [0.2, 0.25) is 0 Å². The lowest BCUT2D eigenvalue weighted by Gasteiger charge is -2.11. The maximum atomic E-state index is 11.7. The minimum atomic E-state index is 0.102. The average molecular weight is 173 g/mol. The van der Waals surface area contributed by atoms with Gasteiger partial charge in [0.2, 0.25) is 0 Å². The Labute approximate surface area is 78.2 Å². The van der Waals surface area contributed by atoms with Crippen LogP contribution in [0.4, 0.5) is 0 Å². The van der Waals surface area contributed by atoms with E-state index in [4.69, 9.17) is 6.92 Å². The van der Waals surface area contributed by atoms with Gasteiger partial charge in [-0.05, 0) is 31.0 Å². The molecule has 1 aromatic rings. The lowest BCUT2D eigenvalue weighted by atomic mass is 10.1. The number of nitrogens with zero attached hydrogens (tertiary/aromatic N) is 1. The zero-order valence-electron chi connectivity index (χ0n) is 7.58. The zero-order chi connectivity index (χ0) is 9.42. The number of hydrogen-bond acceptors (Lipinski definition) is 1. The minimum absolute atomic E-state index is 0.102. The second-order valence-electron chi connectivity index (χ2n) is 3.19. The highest BCUT2D eigenvalue weighted by molar-refractivity contribution is 5.98. The molecule has 0 unspecified atom stereocenters. The summed E-state index contributed by atoms with van der Waals surface area (Å²) in [6.07, 6.45) is 0. The molecular weight excluding hydrogens is 162 g/mol. The van der Waals surface area contributed by atoms with E-state index < -0.39 is 0 Å². The number of rotatable bonds is 1. The van der Waals surface area contributed by atoms with Gasteiger partial charge < -0.3 is 4.90 Å².